The average Bonchev–Trinajstić information content (AvgIpc) is 3.30. The van der Waals surface area contributed by atoms with Crippen molar-refractivity contribution in [2.45, 2.75) is 51.5 Å². The van der Waals surface area contributed by atoms with Crippen LogP contribution >= 0.6 is 0 Å². The number of carbonyl (C=O) groups excluding carboxylic acids is 1. The second-order valence-corrected chi connectivity index (χ2v) is 10.0. The standard InChI is InChI=1S/C24H33N3O4S/c1-5-27(6-2)32(29,30)21-12-13-23(31-20-11-9-10-18(3)16-20)22(17-21)25-19(4)24(28)26-14-7-8-15-26/h9-13,16-17,19,25H,5-8,14-15H2,1-4H3/t19-/m1/s1. The summed E-state index contributed by atoms with van der Waals surface area (Å²) >= 11 is 0. The van der Waals surface area contributed by atoms with Crippen molar-refractivity contribution in [3.63, 3.8) is 0 Å². The zero-order valence-corrected chi connectivity index (χ0v) is 20.1. The lowest BCUT2D eigenvalue weighted by atomic mass is 10.2. The van der Waals surface area contributed by atoms with Crippen LogP contribution in [-0.2, 0) is 14.8 Å². The molecule has 1 heterocycles. The van der Waals surface area contributed by atoms with Crippen molar-refractivity contribution in [2.24, 2.45) is 0 Å². The number of ether oxygens (including phenoxy) is 1. The number of nitrogens with zero attached hydrogens (tertiary/aromatic N) is 2. The van der Waals surface area contributed by atoms with Gasteiger partial charge in [0, 0.05) is 26.2 Å². The van der Waals surface area contributed by atoms with Crippen molar-refractivity contribution in [3.05, 3.63) is 48.0 Å². The van der Waals surface area contributed by atoms with E-state index in [0.29, 0.717) is 30.3 Å². The van der Waals surface area contributed by atoms with Crippen molar-refractivity contribution in [1.82, 2.24) is 9.21 Å². The SMILES string of the molecule is CCN(CC)S(=O)(=O)c1ccc(Oc2cccc(C)c2)c(N[C@H](C)C(=O)N2CCCC2)c1. The van der Waals surface area contributed by atoms with Crippen LogP contribution in [-0.4, -0.2) is 55.8 Å². The van der Waals surface area contributed by atoms with Crippen molar-refractivity contribution < 1.29 is 17.9 Å². The summed E-state index contributed by atoms with van der Waals surface area (Å²) in [4.78, 5) is 14.9. The molecule has 0 spiro atoms. The Labute approximate surface area is 191 Å². The Morgan fingerprint density at radius 1 is 1.12 bits per heavy atom. The third kappa shape index (κ3) is 5.42. The predicted octanol–water partition coefficient (Wildman–Crippen LogP) is 4.24. The molecular formula is C24H33N3O4S. The van der Waals surface area contributed by atoms with Gasteiger partial charge in [0.2, 0.25) is 15.9 Å². The summed E-state index contributed by atoms with van der Waals surface area (Å²) in [5.74, 6) is 1.11. The second kappa shape index (κ2) is 10.4. The summed E-state index contributed by atoms with van der Waals surface area (Å²) in [7, 11) is -3.65. The Morgan fingerprint density at radius 2 is 1.81 bits per heavy atom. The maximum absolute atomic E-state index is 13.1. The second-order valence-electron chi connectivity index (χ2n) is 8.06. The molecule has 0 aliphatic carbocycles. The van der Waals surface area contributed by atoms with Gasteiger partial charge in [-0.25, -0.2) is 8.42 Å². The minimum Gasteiger partial charge on any atom is -0.455 e. The monoisotopic (exact) mass is 459 g/mol. The smallest absolute Gasteiger partial charge is 0.244 e. The summed E-state index contributed by atoms with van der Waals surface area (Å²) in [6.45, 7) is 9.67. The maximum atomic E-state index is 13.1. The summed E-state index contributed by atoms with van der Waals surface area (Å²) in [6, 6.07) is 11.9. The molecule has 0 saturated carbocycles. The van der Waals surface area contributed by atoms with Crippen molar-refractivity contribution in [1.29, 1.82) is 0 Å². The molecule has 8 heteroatoms. The molecule has 3 rings (SSSR count). The highest BCUT2D eigenvalue weighted by Crippen LogP contribution is 2.33. The topological polar surface area (TPSA) is 79.0 Å². The molecule has 1 atom stereocenters. The minimum atomic E-state index is -3.65. The molecule has 2 aromatic carbocycles. The Kier molecular flexibility index (Phi) is 7.79. The van der Waals surface area contributed by atoms with E-state index < -0.39 is 16.1 Å². The van der Waals surface area contributed by atoms with Crippen molar-refractivity contribution in [2.75, 3.05) is 31.5 Å². The van der Waals surface area contributed by atoms with Crippen LogP contribution in [0.4, 0.5) is 5.69 Å². The molecule has 7 nitrogen and oxygen atoms in total. The van der Waals surface area contributed by atoms with Gasteiger partial charge in [-0.05, 0) is 62.6 Å². The Morgan fingerprint density at radius 3 is 2.44 bits per heavy atom. The molecule has 0 radical (unpaired) electrons. The number of rotatable bonds is 9. The number of carbonyl (C=O) groups is 1. The number of hydrogen-bond donors (Lipinski definition) is 1. The normalized spacial score (nSPS) is 15.1. The largest absolute Gasteiger partial charge is 0.455 e. The van der Waals surface area contributed by atoms with E-state index in [0.717, 1.165) is 31.5 Å². The number of amides is 1. The Hall–Kier alpha value is -2.58. The minimum absolute atomic E-state index is 0.000934. The summed E-state index contributed by atoms with van der Waals surface area (Å²) in [5, 5.41) is 3.21. The third-order valence-electron chi connectivity index (χ3n) is 5.67. The van der Waals surface area contributed by atoms with Crippen LogP contribution in [0.3, 0.4) is 0 Å². The Bertz CT molecular complexity index is 1040. The highest BCUT2D eigenvalue weighted by Gasteiger charge is 2.26. The van der Waals surface area contributed by atoms with E-state index in [1.54, 1.807) is 25.1 Å². The van der Waals surface area contributed by atoms with Gasteiger partial charge in [-0.3, -0.25) is 4.79 Å². The zero-order chi connectivity index (χ0) is 23.3. The number of aryl methyl sites for hydroxylation is 1. The van der Waals surface area contributed by atoms with Crippen LogP contribution in [0.25, 0.3) is 0 Å². The first-order valence-corrected chi connectivity index (χ1v) is 12.6. The van der Waals surface area contributed by atoms with Crippen LogP contribution in [0.2, 0.25) is 0 Å². The molecule has 1 fully saturated rings. The average molecular weight is 460 g/mol. The van der Waals surface area contributed by atoms with Crippen molar-refractivity contribution in [3.8, 4) is 11.5 Å². The van der Waals surface area contributed by atoms with Crippen LogP contribution in [0.15, 0.2) is 47.4 Å². The van der Waals surface area contributed by atoms with Crippen LogP contribution in [0.1, 0.15) is 39.2 Å². The van der Waals surface area contributed by atoms with Crippen LogP contribution in [0, 0.1) is 6.92 Å². The quantitative estimate of drug-likeness (QED) is 0.607. The molecule has 1 aliphatic rings. The van der Waals surface area contributed by atoms with E-state index in [-0.39, 0.29) is 10.8 Å². The lowest BCUT2D eigenvalue weighted by molar-refractivity contribution is -0.130. The molecule has 0 aromatic heterocycles. The molecule has 0 bridgehead atoms. The lowest BCUT2D eigenvalue weighted by Gasteiger charge is -2.24. The number of benzene rings is 2. The van der Waals surface area contributed by atoms with Gasteiger partial charge in [-0.15, -0.1) is 0 Å². The van der Waals surface area contributed by atoms with E-state index in [9.17, 15) is 13.2 Å². The molecule has 1 saturated heterocycles. The summed E-state index contributed by atoms with van der Waals surface area (Å²) in [6.07, 6.45) is 2.02. The van der Waals surface area contributed by atoms with E-state index in [1.165, 1.54) is 4.31 Å². The lowest BCUT2D eigenvalue weighted by Crippen LogP contribution is -2.39. The number of anilines is 1. The number of hydrogen-bond acceptors (Lipinski definition) is 5. The van der Waals surface area contributed by atoms with Gasteiger partial charge >= 0.3 is 0 Å². The molecule has 1 amide bonds. The summed E-state index contributed by atoms with van der Waals surface area (Å²) < 4.78 is 33.6. The molecule has 32 heavy (non-hydrogen) atoms. The molecule has 1 aliphatic heterocycles. The van der Waals surface area contributed by atoms with Gasteiger partial charge in [-0.2, -0.15) is 4.31 Å². The van der Waals surface area contributed by atoms with Gasteiger partial charge in [0.15, 0.2) is 5.75 Å². The van der Waals surface area contributed by atoms with Gasteiger partial charge in [0.1, 0.15) is 11.8 Å². The highest BCUT2D eigenvalue weighted by atomic mass is 32.2. The van der Waals surface area contributed by atoms with Crippen molar-refractivity contribution >= 4 is 21.6 Å². The fraction of sp³-hybridized carbons (Fsp3) is 0.458. The van der Waals surface area contributed by atoms with Gasteiger partial charge < -0.3 is 15.0 Å². The molecule has 1 N–H and O–H groups in total. The highest BCUT2D eigenvalue weighted by molar-refractivity contribution is 7.89. The van der Waals surface area contributed by atoms with Gasteiger partial charge in [0.05, 0.1) is 10.6 Å². The number of nitrogens with one attached hydrogen (secondary N) is 1. The van der Waals surface area contributed by atoms with Crippen LogP contribution < -0.4 is 10.1 Å². The third-order valence-corrected chi connectivity index (χ3v) is 7.72. The van der Waals surface area contributed by atoms with Gasteiger partial charge in [-0.1, -0.05) is 26.0 Å². The zero-order valence-electron chi connectivity index (χ0n) is 19.3. The van der Waals surface area contributed by atoms with E-state index in [2.05, 4.69) is 5.32 Å². The fourth-order valence-corrected chi connectivity index (χ4v) is 5.38. The van der Waals surface area contributed by atoms with Crippen LogP contribution in [0.5, 0.6) is 11.5 Å². The van der Waals surface area contributed by atoms with E-state index >= 15 is 0 Å². The first-order valence-electron chi connectivity index (χ1n) is 11.2. The summed E-state index contributed by atoms with van der Waals surface area (Å²) in [5.41, 5.74) is 1.52. The van der Waals surface area contributed by atoms with E-state index in [4.69, 9.17) is 4.74 Å². The molecule has 174 valence electrons. The molecule has 2 aromatic rings. The van der Waals surface area contributed by atoms with Gasteiger partial charge in [0.25, 0.3) is 0 Å². The Balaban J connectivity index is 1.95. The molecular weight excluding hydrogens is 426 g/mol. The molecule has 0 unspecified atom stereocenters. The number of sulfonamides is 1. The predicted molar refractivity (Wildman–Crippen MR) is 127 cm³/mol. The fourth-order valence-electron chi connectivity index (χ4n) is 3.90. The number of likely N-dealkylation sites (tertiary alicyclic amines) is 1. The first-order chi connectivity index (χ1) is 15.3. The maximum Gasteiger partial charge on any atom is 0.244 e. The van der Waals surface area contributed by atoms with E-state index in [1.807, 2.05) is 49.9 Å². The first kappa shape index (κ1) is 24.1.